The van der Waals surface area contributed by atoms with Crippen LogP contribution < -0.4 is 10.1 Å². The van der Waals surface area contributed by atoms with Crippen LogP contribution >= 0.6 is 24.8 Å². The molecular formula is C23H30Cl2N2O. The molecule has 0 radical (unpaired) electrons. The largest absolute Gasteiger partial charge is 0.489 e. The number of ether oxygens (including phenoxy) is 1. The summed E-state index contributed by atoms with van der Waals surface area (Å²) in [6.07, 6.45) is 1.14. The number of benzene rings is 3. The zero-order valence-corrected chi connectivity index (χ0v) is 18.2. The predicted octanol–water partition coefficient (Wildman–Crippen LogP) is 5.30. The molecule has 0 aliphatic carbocycles. The number of rotatable bonds is 9. The highest BCUT2D eigenvalue weighted by Crippen LogP contribution is 2.28. The quantitative estimate of drug-likeness (QED) is 0.475. The Morgan fingerprint density at radius 2 is 1.57 bits per heavy atom. The van der Waals surface area contributed by atoms with Crippen molar-refractivity contribution in [3.8, 4) is 5.75 Å². The highest BCUT2D eigenvalue weighted by atomic mass is 35.5. The van der Waals surface area contributed by atoms with Gasteiger partial charge in [-0.3, -0.25) is 0 Å². The van der Waals surface area contributed by atoms with Crippen molar-refractivity contribution >= 4 is 35.6 Å². The van der Waals surface area contributed by atoms with Crippen LogP contribution in [0.1, 0.15) is 17.5 Å². The van der Waals surface area contributed by atoms with Gasteiger partial charge < -0.3 is 15.0 Å². The van der Waals surface area contributed by atoms with Gasteiger partial charge in [0.25, 0.3) is 0 Å². The van der Waals surface area contributed by atoms with Crippen LogP contribution in [0, 0.1) is 0 Å². The van der Waals surface area contributed by atoms with E-state index in [2.05, 4.69) is 72.8 Å². The molecule has 0 saturated carbocycles. The molecule has 3 rings (SSSR count). The summed E-state index contributed by atoms with van der Waals surface area (Å²) in [6, 6.07) is 23.1. The van der Waals surface area contributed by atoms with Gasteiger partial charge in [-0.05, 0) is 56.0 Å². The molecule has 0 atom stereocenters. The fourth-order valence-electron chi connectivity index (χ4n) is 3.10. The van der Waals surface area contributed by atoms with Gasteiger partial charge in [-0.25, -0.2) is 0 Å². The molecule has 28 heavy (non-hydrogen) atoms. The van der Waals surface area contributed by atoms with E-state index in [1.54, 1.807) is 0 Å². The van der Waals surface area contributed by atoms with Crippen LogP contribution in [0.25, 0.3) is 10.8 Å². The number of fused-ring (bicyclic) bond motifs is 1. The highest BCUT2D eigenvalue weighted by molar-refractivity contribution is 5.87. The molecule has 3 aromatic carbocycles. The summed E-state index contributed by atoms with van der Waals surface area (Å²) in [5.74, 6) is 0.965. The molecule has 3 nitrogen and oxygen atoms in total. The van der Waals surface area contributed by atoms with Crippen LogP contribution in [0.2, 0.25) is 0 Å². The third kappa shape index (κ3) is 6.99. The topological polar surface area (TPSA) is 24.5 Å². The molecule has 0 aliphatic heterocycles. The summed E-state index contributed by atoms with van der Waals surface area (Å²) in [7, 11) is 4.22. The molecule has 0 aliphatic rings. The number of halogens is 2. The Bertz CT molecular complexity index is 825. The Hall–Kier alpha value is -1.78. The van der Waals surface area contributed by atoms with Gasteiger partial charge in [-0.2, -0.15) is 0 Å². The maximum atomic E-state index is 6.18. The molecule has 0 heterocycles. The van der Waals surface area contributed by atoms with E-state index in [1.807, 2.05) is 18.2 Å². The summed E-state index contributed by atoms with van der Waals surface area (Å²) in [4.78, 5) is 2.22. The standard InChI is InChI=1S/C23H28N2O.2ClH/c1-25(2)16-8-15-24-17-22-21-12-7-6-11-20(21)13-14-23(22)26-18-19-9-4-3-5-10-19;;/h3-7,9-14,24H,8,15-18H2,1-2H3;2*1H. The van der Waals surface area contributed by atoms with Gasteiger partial charge in [0.2, 0.25) is 0 Å². The van der Waals surface area contributed by atoms with Crippen molar-refractivity contribution in [3.05, 3.63) is 77.9 Å². The van der Waals surface area contributed by atoms with Gasteiger partial charge in [0.1, 0.15) is 12.4 Å². The average molecular weight is 421 g/mol. The zero-order valence-electron chi connectivity index (χ0n) is 16.6. The Kier molecular flexibility index (Phi) is 10.9. The van der Waals surface area contributed by atoms with E-state index in [4.69, 9.17) is 4.74 Å². The molecule has 5 heteroatoms. The second-order valence-corrected chi connectivity index (χ2v) is 6.87. The fourth-order valence-corrected chi connectivity index (χ4v) is 3.10. The van der Waals surface area contributed by atoms with E-state index in [0.717, 1.165) is 31.8 Å². The van der Waals surface area contributed by atoms with Gasteiger partial charge in [0, 0.05) is 12.1 Å². The van der Waals surface area contributed by atoms with Gasteiger partial charge in [0.15, 0.2) is 0 Å². The SMILES string of the molecule is CN(C)CCCNCc1c(OCc2ccccc2)ccc2ccccc12.Cl.Cl. The minimum Gasteiger partial charge on any atom is -0.489 e. The van der Waals surface area contributed by atoms with Crippen LogP contribution in [0.3, 0.4) is 0 Å². The molecular weight excluding hydrogens is 391 g/mol. The van der Waals surface area contributed by atoms with E-state index in [1.165, 1.54) is 21.9 Å². The molecule has 0 fully saturated rings. The zero-order chi connectivity index (χ0) is 18.2. The monoisotopic (exact) mass is 420 g/mol. The lowest BCUT2D eigenvalue weighted by molar-refractivity contribution is 0.302. The second kappa shape index (κ2) is 12.6. The van der Waals surface area contributed by atoms with E-state index in [9.17, 15) is 0 Å². The van der Waals surface area contributed by atoms with Crippen molar-refractivity contribution in [2.45, 2.75) is 19.6 Å². The van der Waals surface area contributed by atoms with Crippen LogP contribution in [-0.4, -0.2) is 32.1 Å². The Morgan fingerprint density at radius 1 is 0.857 bits per heavy atom. The van der Waals surface area contributed by atoms with Crippen molar-refractivity contribution in [1.82, 2.24) is 10.2 Å². The smallest absolute Gasteiger partial charge is 0.124 e. The molecule has 0 spiro atoms. The van der Waals surface area contributed by atoms with Crippen LogP contribution in [0.4, 0.5) is 0 Å². The predicted molar refractivity (Wildman–Crippen MR) is 124 cm³/mol. The average Bonchev–Trinajstić information content (AvgIpc) is 2.67. The van der Waals surface area contributed by atoms with Gasteiger partial charge in [-0.1, -0.05) is 60.7 Å². The van der Waals surface area contributed by atoms with Crippen LogP contribution in [0.5, 0.6) is 5.75 Å². The van der Waals surface area contributed by atoms with Crippen LogP contribution in [-0.2, 0) is 13.2 Å². The van der Waals surface area contributed by atoms with Crippen molar-refractivity contribution in [3.63, 3.8) is 0 Å². The van der Waals surface area contributed by atoms with Crippen molar-refractivity contribution in [2.24, 2.45) is 0 Å². The lowest BCUT2D eigenvalue weighted by Crippen LogP contribution is -2.21. The Balaban J connectivity index is 0.00000196. The van der Waals surface area contributed by atoms with Crippen LogP contribution in [0.15, 0.2) is 66.7 Å². The van der Waals surface area contributed by atoms with Crippen molar-refractivity contribution in [1.29, 1.82) is 0 Å². The van der Waals surface area contributed by atoms with Crippen molar-refractivity contribution < 1.29 is 4.74 Å². The highest BCUT2D eigenvalue weighted by Gasteiger charge is 2.09. The van der Waals surface area contributed by atoms with E-state index in [-0.39, 0.29) is 24.8 Å². The minimum atomic E-state index is 0. The van der Waals surface area contributed by atoms with Crippen molar-refractivity contribution in [2.75, 3.05) is 27.2 Å². The van der Waals surface area contributed by atoms with E-state index < -0.39 is 0 Å². The maximum absolute atomic E-state index is 6.18. The minimum absolute atomic E-state index is 0. The summed E-state index contributed by atoms with van der Waals surface area (Å²) < 4.78 is 6.18. The number of hydrogen-bond acceptors (Lipinski definition) is 3. The second-order valence-electron chi connectivity index (χ2n) is 6.87. The third-order valence-corrected chi connectivity index (χ3v) is 4.50. The van der Waals surface area contributed by atoms with Gasteiger partial charge >= 0.3 is 0 Å². The maximum Gasteiger partial charge on any atom is 0.124 e. The molecule has 0 aromatic heterocycles. The molecule has 0 saturated heterocycles. The first-order valence-corrected chi connectivity index (χ1v) is 9.27. The van der Waals surface area contributed by atoms with Gasteiger partial charge in [-0.15, -0.1) is 24.8 Å². The lowest BCUT2D eigenvalue weighted by atomic mass is 10.0. The molecule has 152 valence electrons. The first-order valence-electron chi connectivity index (χ1n) is 9.27. The Morgan fingerprint density at radius 3 is 2.32 bits per heavy atom. The number of nitrogens with zero attached hydrogens (tertiary/aromatic N) is 1. The lowest BCUT2D eigenvalue weighted by Gasteiger charge is -2.16. The summed E-state index contributed by atoms with van der Waals surface area (Å²) in [5, 5.41) is 6.10. The molecule has 0 amide bonds. The summed E-state index contributed by atoms with van der Waals surface area (Å²) >= 11 is 0. The van der Waals surface area contributed by atoms with E-state index >= 15 is 0 Å². The molecule has 0 bridgehead atoms. The number of hydrogen-bond donors (Lipinski definition) is 1. The van der Waals surface area contributed by atoms with Gasteiger partial charge in [0.05, 0.1) is 0 Å². The summed E-state index contributed by atoms with van der Waals surface area (Å²) in [5.41, 5.74) is 2.43. The van der Waals surface area contributed by atoms with E-state index in [0.29, 0.717) is 6.61 Å². The first kappa shape index (κ1) is 24.3. The molecule has 3 aromatic rings. The molecule has 0 unspecified atom stereocenters. The summed E-state index contributed by atoms with van der Waals surface area (Å²) in [6.45, 7) is 3.51. The Labute approximate surface area is 180 Å². The first-order chi connectivity index (χ1) is 12.7. The number of nitrogens with one attached hydrogen (secondary N) is 1. The molecule has 1 N–H and O–H groups in total. The third-order valence-electron chi connectivity index (χ3n) is 4.50. The fraction of sp³-hybridized carbons (Fsp3) is 0.304. The normalized spacial score (nSPS) is 10.4.